The number of rotatable bonds is 3. The molecular weight excluding hydrogens is 198 g/mol. The Morgan fingerprint density at radius 3 is 3.07 bits per heavy atom. The van der Waals surface area contributed by atoms with Gasteiger partial charge in [0.05, 0.1) is 25.9 Å². The molecule has 1 N–H and O–H groups in total. The van der Waals surface area contributed by atoms with E-state index in [-0.39, 0.29) is 12.7 Å². The second-order valence-corrected chi connectivity index (χ2v) is 3.63. The lowest BCUT2D eigenvalue weighted by atomic mass is 10.3. The Balaban J connectivity index is 1.88. The lowest BCUT2D eigenvalue weighted by molar-refractivity contribution is -0.0568. The summed E-state index contributed by atoms with van der Waals surface area (Å²) in [7, 11) is 0. The van der Waals surface area contributed by atoms with Gasteiger partial charge in [-0.15, -0.1) is 10.2 Å². The summed E-state index contributed by atoms with van der Waals surface area (Å²) in [6, 6.07) is 0. The largest absolute Gasteiger partial charge is 0.424 e. The highest BCUT2D eigenvalue weighted by molar-refractivity contribution is 4.81. The van der Waals surface area contributed by atoms with E-state index < -0.39 is 0 Å². The molecule has 1 aromatic heterocycles. The number of hydrogen-bond donors (Lipinski definition) is 1. The monoisotopic (exact) mass is 213 g/mol. The summed E-state index contributed by atoms with van der Waals surface area (Å²) in [5.74, 6) is 1.20. The van der Waals surface area contributed by atoms with Crippen LogP contribution in [0.3, 0.4) is 0 Å². The van der Waals surface area contributed by atoms with E-state index in [2.05, 4.69) is 15.1 Å². The highest BCUT2D eigenvalue weighted by Crippen LogP contribution is 2.09. The van der Waals surface area contributed by atoms with E-state index in [1.165, 1.54) is 0 Å². The van der Waals surface area contributed by atoms with Crippen LogP contribution in [0.4, 0.5) is 0 Å². The molecule has 0 radical (unpaired) electrons. The fourth-order valence-corrected chi connectivity index (χ4v) is 1.63. The molecule has 1 saturated heterocycles. The maximum absolute atomic E-state index is 8.98. The van der Waals surface area contributed by atoms with E-state index in [0.29, 0.717) is 31.5 Å². The van der Waals surface area contributed by atoms with Crippen molar-refractivity contribution >= 4 is 0 Å². The predicted octanol–water partition coefficient (Wildman–Crippen LogP) is -0.429. The molecule has 2 heterocycles. The van der Waals surface area contributed by atoms with Crippen molar-refractivity contribution in [2.75, 3.05) is 26.3 Å². The summed E-state index contributed by atoms with van der Waals surface area (Å²) in [4.78, 5) is 2.14. The first-order chi connectivity index (χ1) is 7.28. The third kappa shape index (κ3) is 2.74. The van der Waals surface area contributed by atoms with Crippen molar-refractivity contribution in [1.82, 2.24) is 15.1 Å². The summed E-state index contributed by atoms with van der Waals surface area (Å²) in [6.45, 7) is 4.63. The summed E-state index contributed by atoms with van der Waals surface area (Å²) in [6.07, 6.45) is -0.0947. The molecule has 1 aromatic rings. The van der Waals surface area contributed by atoms with Crippen LogP contribution in [0.5, 0.6) is 0 Å². The third-order valence-corrected chi connectivity index (χ3v) is 2.35. The Morgan fingerprint density at radius 1 is 1.53 bits per heavy atom. The molecule has 6 nitrogen and oxygen atoms in total. The van der Waals surface area contributed by atoms with Crippen molar-refractivity contribution in [3.63, 3.8) is 0 Å². The van der Waals surface area contributed by atoms with E-state index >= 15 is 0 Å². The average molecular weight is 213 g/mol. The van der Waals surface area contributed by atoms with Crippen molar-refractivity contribution in [3.8, 4) is 0 Å². The van der Waals surface area contributed by atoms with Crippen LogP contribution in [0.25, 0.3) is 0 Å². The second-order valence-electron chi connectivity index (χ2n) is 3.63. The zero-order valence-corrected chi connectivity index (χ0v) is 8.72. The Labute approximate surface area is 87.8 Å². The van der Waals surface area contributed by atoms with Gasteiger partial charge < -0.3 is 14.3 Å². The number of hydrogen-bond acceptors (Lipinski definition) is 6. The molecule has 84 valence electrons. The first kappa shape index (κ1) is 10.5. The molecule has 1 unspecified atom stereocenters. The van der Waals surface area contributed by atoms with E-state index in [4.69, 9.17) is 14.3 Å². The quantitative estimate of drug-likeness (QED) is 0.734. The maximum atomic E-state index is 8.98. The van der Waals surface area contributed by atoms with Crippen molar-refractivity contribution in [2.45, 2.75) is 19.6 Å². The molecule has 1 fully saturated rings. The van der Waals surface area contributed by atoms with Crippen LogP contribution >= 0.6 is 0 Å². The minimum Gasteiger partial charge on any atom is -0.424 e. The topological polar surface area (TPSA) is 71.6 Å². The zero-order valence-electron chi connectivity index (χ0n) is 8.72. The van der Waals surface area contributed by atoms with Gasteiger partial charge in [-0.25, -0.2) is 0 Å². The lowest BCUT2D eigenvalue weighted by Crippen LogP contribution is -2.43. The minimum absolute atomic E-state index is 0.0549. The Hall–Kier alpha value is -0.980. The lowest BCUT2D eigenvalue weighted by Gasteiger charge is -2.30. The molecule has 15 heavy (non-hydrogen) atoms. The van der Waals surface area contributed by atoms with Gasteiger partial charge in [-0.05, 0) is 0 Å². The Bertz CT molecular complexity index is 315. The van der Waals surface area contributed by atoms with Gasteiger partial charge in [-0.3, -0.25) is 4.90 Å². The summed E-state index contributed by atoms with van der Waals surface area (Å²) in [5.41, 5.74) is 0. The molecule has 2 rings (SSSR count). The van der Waals surface area contributed by atoms with Crippen molar-refractivity contribution in [2.24, 2.45) is 0 Å². The maximum Gasteiger partial charge on any atom is 0.230 e. The number of aliphatic hydroxyl groups is 1. The second kappa shape index (κ2) is 4.69. The van der Waals surface area contributed by atoms with Gasteiger partial charge in [0, 0.05) is 20.0 Å². The zero-order chi connectivity index (χ0) is 10.7. The minimum atomic E-state index is -0.0947. The van der Waals surface area contributed by atoms with E-state index in [1.807, 2.05) is 0 Å². The van der Waals surface area contributed by atoms with Crippen LogP contribution < -0.4 is 0 Å². The van der Waals surface area contributed by atoms with Crippen LogP contribution in [-0.2, 0) is 11.3 Å². The van der Waals surface area contributed by atoms with Crippen molar-refractivity contribution in [1.29, 1.82) is 0 Å². The van der Waals surface area contributed by atoms with Gasteiger partial charge in [0.15, 0.2) is 0 Å². The van der Waals surface area contributed by atoms with Gasteiger partial charge in [0.1, 0.15) is 0 Å². The standard InChI is InChI=1S/C9H15N3O3/c1-7-10-11-9(15-7)5-12-2-3-14-8(4-12)6-13/h8,13H,2-6H2,1H3. The van der Waals surface area contributed by atoms with Crippen LogP contribution in [0.2, 0.25) is 0 Å². The molecular formula is C9H15N3O3. The van der Waals surface area contributed by atoms with Crippen molar-refractivity contribution in [3.05, 3.63) is 11.8 Å². The van der Waals surface area contributed by atoms with Crippen LogP contribution in [0, 0.1) is 6.92 Å². The fraction of sp³-hybridized carbons (Fsp3) is 0.778. The molecule has 1 aliphatic rings. The van der Waals surface area contributed by atoms with Gasteiger partial charge in [0.25, 0.3) is 0 Å². The number of aromatic nitrogens is 2. The Kier molecular flexibility index (Phi) is 3.30. The number of aryl methyl sites for hydroxylation is 1. The number of nitrogens with zero attached hydrogens (tertiary/aromatic N) is 3. The number of morpholine rings is 1. The van der Waals surface area contributed by atoms with E-state index in [1.54, 1.807) is 6.92 Å². The molecule has 6 heteroatoms. The molecule has 0 spiro atoms. The van der Waals surface area contributed by atoms with Gasteiger partial charge in [0.2, 0.25) is 11.8 Å². The normalized spacial score (nSPS) is 23.2. The molecule has 0 amide bonds. The smallest absolute Gasteiger partial charge is 0.230 e. The first-order valence-corrected chi connectivity index (χ1v) is 5.01. The highest BCUT2D eigenvalue weighted by atomic mass is 16.5. The van der Waals surface area contributed by atoms with Crippen LogP contribution in [0.1, 0.15) is 11.8 Å². The SMILES string of the molecule is Cc1nnc(CN2CCOC(CO)C2)o1. The molecule has 0 aromatic carbocycles. The molecule has 0 bridgehead atoms. The number of aliphatic hydroxyl groups excluding tert-OH is 1. The third-order valence-electron chi connectivity index (χ3n) is 2.35. The van der Waals surface area contributed by atoms with Crippen LogP contribution in [0.15, 0.2) is 4.42 Å². The highest BCUT2D eigenvalue weighted by Gasteiger charge is 2.21. The number of ether oxygens (including phenoxy) is 1. The summed E-state index contributed by atoms with van der Waals surface area (Å²) in [5, 5.41) is 16.7. The summed E-state index contributed by atoms with van der Waals surface area (Å²) < 4.78 is 10.6. The molecule has 1 atom stereocenters. The van der Waals surface area contributed by atoms with Gasteiger partial charge in [-0.1, -0.05) is 0 Å². The molecule has 1 aliphatic heterocycles. The van der Waals surface area contributed by atoms with Gasteiger partial charge in [-0.2, -0.15) is 0 Å². The van der Waals surface area contributed by atoms with E-state index in [9.17, 15) is 0 Å². The fourth-order valence-electron chi connectivity index (χ4n) is 1.63. The van der Waals surface area contributed by atoms with Gasteiger partial charge >= 0.3 is 0 Å². The predicted molar refractivity (Wildman–Crippen MR) is 51.1 cm³/mol. The van der Waals surface area contributed by atoms with E-state index in [0.717, 1.165) is 6.54 Å². The molecule has 0 aliphatic carbocycles. The average Bonchev–Trinajstić information content (AvgIpc) is 2.64. The Morgan fingerprint density at radius 2 is 2.40 bits per heavy atom. The molecule has 0 saturated carbocycles. The summed E-state index contributed by atoms with van der Waals surface area (Å²) >= 11 is 0. The van der Waals surface area contributed by atoms with Crippen molar-refractivity contribution < 1.29 is 14.3 Å². The van der Waals surface area contributed by atoms with Crippen LogP contribution in [-0.4, -0.2) is 52.6 Å². The first-order valence-electron chi connectivity index (χ1n) is 5.01.